The number of rotatable bonds is 4. The maximum atomic E-state index is 13.1. The summed E-state index contributed by atoms with van der Waals surface area (Å²) < 4.78 is 44.9. The van der Waals surface area contributed by atoms with Gasteiger partial charge in [0.25, 0.3) is 0 Å². The number of fused-ring (bicyclic) bond motifs is 2. The fourth-order valence-corrected chi connectivity index (χ4v) is 6.83. The number of nitrogens with zero attached hydrogens (tertiary/aromatic N) is 1. The SMILES string of the molecule is C[C@H]1OC(=O)[C@]2(CO)C[C@@H]3CCCCC3[C@H](/C=C/c3ccc(-c4cccc(C(F)(F)F)c4)cn3)[C@H]12. The molecule has 5 rings (SSSR count). The Bertz CT molecular complexity index is 1110. The smallest absolute Gasteiger partial charge is 0.416 e. The molecule has 0 bridgehead atoms. The van der Waals surface area contributed by atoms with Gasteiger partial charge in [0, 0.05) is 17.7 Å². The molecule has 2 aromatic rings. The van der Waals surface area contributed by atoms with Gasteiger partial charge in [0.2, 0.25) is 0 Å². The number of alkyl halides is 3. The van der Waals surface area contributed by atoms with Gasteiger partial charge in [0.05, 0.1) is 23.3 Å². The normalized spacial score (nSPS) is 32.8. The molecule has 0 amide bonds. The molecule has 2 aliphatic carbocycles. The number of halogens is 3. The second-order valence-electron chi connectivity index (χ2n) is 10.3. The summed E-state index contributed by atoms with van der Waals surface area (Å²) in [5.74, 6) is 0.554. The van der Waals surface area contributed by atoms with E-state index in [1.807, 2.05) is 13.0 Å². The van der Waals surface area contributed by atoms with Crippen LogP contribution in [0.5, 0.6) is 0 Å². The second kappa shape index (κ2) is 9.08. The molecule has 1 saturated heterocycles. The summed E-state index contributed by atoms with van der Waals surface area (Å²) in [6.07, 6.45) is 6.16. The van der Waals surface area contributed by atoms with Gasteiger partial charge >= 0.3 is 12.1 Å². The van der Waals surface area contributed by atoms with Crippen molar-refractivity contribution in [2.24, 2.45) is 29.1 Å². The summed E-state index contributed by atoms with van der Waals surface area (Å²) in [4.78, 5) is 17.3. The van der Waals surface area contributed by atoms with E-state index in [-0.39, 0.29) is 30.5 Å². The van der Waals surface area contributed by atoms with E-state index in [1.54, 1.807) is 24.4 Å². The number of ether oxygens (including phenoxy) is 1. The lowest BCUT2D eigenvalue weighted by Crippen LogP contribution is -2.51. The van der Waals surface area contributed by atoms with Crippen LogP contribution in [0.1, 0.15) is 50.3 Å². The molecule has 7 heteroatoms. The van der Waals surface area contributed by atoms with Crippen molar-refractivity contribution >= 4 is 12.0 Å². The zero-order chi connectivity index (χ0) is 24.8. The van der Waals surface area contributed by atoms with Crippen molar-refractivity contribution in [1.82, 2.24) is 4.98 Å². The Morgan fingerprint density at radius 1 is 1.17 bits per heavy atom. The van der Waals surface area contributed by atoms with E-state index in [0.29, 0.717) is 35.1 Å². The minimum Gasteiger partial charge on any atom is -0.462 e. The second-order valence-corrected chi connectivity index (χ2v) is 10.3. The summed E-state index contributed by atoms with van der Waals surface area (Å²) in [6.45, 7) is 1.73. The van der Waals surface area contributed by atoms with Crippen LogP contribution < -0.4 is 0 Å². The van der Waals surface area contributed by atoms with Crippen molar-refractivity contribution in [3.05, 3.63) is 59.9 Å². The van der Waals surface area contributed by atoms with Gasteiger partial charge in [-0.25, -0.2) is 0 Å². The summed E-state index contributed by atoms with van der Waals surface area (Å²) in [5, 5.41) is 10.3. The molecule has 0 radical (unpaired) electrons. The van der Waals surface area contributed by atoms with Gasteiger partial charge in [0.15, 0.2) is 0 Å². The molecule has 6 atom stereocenters. The lowest BCUT2D eigenvalue weighted by Gasteiger charge is -2.50. The number of aliphatic hydroxyl groups excluding tert-OH is 1. The van der Waals surface area contributed by atoms with Gasteiger partial charge in [-0.3, -0.25) is 9.78 Å². The fraction of sp³-hybridized carbons (Fsp3) is 0.500. The first-order valence-electron chi connectivity index (χ1n) is 12.4. The number of pyridine rings is 1. The van der Waals surface area contributed by atoms with Crippen LogP contribution in [0.4, 0.5) is 13.2 Å². The van der Waals surface area contributed by atoms with Crippen LogP contribution in [0.3, 0.4) is 0 Å². The van der Waals surface area contributed by atoms with Crippen LogP contribution in [-0.4, -0.2) is 28.8 Å². The van der Waals surface area contributed by atoms with Gasteiger partial charge in [-0.15, -0.1) is 0 Å². The molecule has 1 aromatic carbocycles. The van der Waals surface area contributed by atoms with Crippen LogP contribution in [-0.2, 0) is 15.7 Å². The zero-order valence-corrected chi connectivity index (χ0v) is 19.7. The highest BCUT2D eigenvalue weighted by atomic mass is 19.4. The van der Waals surface area contributed by atoms with Crippen LogP contribution >= 0.6 is 0 Å². The van der Waals surface area contributed by atoms with Crippen LogP contribution in [0.25, 0.3) is 17.2 Å². The first-order chi connectivity index (χ1) is 16.7. The molecule has 1 aromatic heterocycles. The summed E-state index contributed by atoms with van der Waals surface area (Å²) >= 11 is 0. The number of allylic oxidation sites excluding steroid dienone is 1. The third-order valence-corrected chi connectivity index (χ3v) is 8.43. The molecule has 0 spiro atoms. The van der Waals surface area contributed by atoms with Gasteiger partial charge in [-0.05, 0) is 67.4 Å². The molecule has 186 valence electrons. The van der Waals surface area contributed by atoms with E-state index in [2.05, 4.69) is 11.1 Å². The molecule has 1 N–H and O–H groups in total. The predicted molar refractivity (Wildman–Crippen MR) is 126 cm³/mol. The summed E-state index contributed by atoms with van der Waals surface area (Å²) in [5.41, 5.74) is 0.247. The maximum absolute atomic E-state index is 13.1. The predicted octanol–water partition coefficient (Wildman–Crippen LogP) is 6.15. The molecule has 35 heavy (non-hydrogen) atoms. The number of hydrogen-bond acceptors (Lipinski definition) is 4. The largest absolute Gasteiger partial charge is 0.462 e. The molecule has 4 nitrogen and oxygen atoms in total. The molecular weight excluding hydrogens is 455 g/mol. The highest BCUT2D eigenvalue weighted by molar-refractivity contribution is 5.80. The van der Waals surface area contributed by atoms with Crippen LogP contribution in [0.2, 0.25) is 0 Å². The Morgan fingerprint density at radius 2 is 1.97 bits per heavy atom. The molecule has 2 saturated carbocycles. The minimum atomic E-state index is -4.39. The van der Waals surface area contributed by atoms with E-state index in [9.17, 15) is 23.1 Å². The lowest BCUT2D eigenvalue weighted by atomic mass is 9.52. The Balaban J connectivity index is 1.41. The quantitative estimate of drug-likeness (QED) is 0.528. The Kier molecular flexibility index (Phi) is 6.24. The van der Waals surface area contributed by atoms with Gasteiger partial charge in [-0.1, -0.05) is 43.5 Å². The van der Waals surface area contributed by atoms with Crippen molar-refractivity contribution in [3.63, 3.8) is 0 Å². The molecule has 3 aliphatic rings. The van der Waals surface area contributed by atoms with Gasteiger partial charge in [-0.2, -0.15) is 13.2 Å². The van der Waals surface area contributed by atoms with E-state index in [4.69, 9.17) is 4.74 Å². The Labute approximate surface area is 203 Å². The number of benzene rings is 1. The Hall–Kier alpha value is -2.67. The third kappa shape index (κ3) is 4.28. The maximum Gasteiger partial charge on any atom is 0.416 e. The lowest BCUT2D eigenvalue weighted by molar-refractivity contribution is -0.153. The molecule has 1 aliphatic heterocycles. The van der Waals surface area contributed by atoms with E-state index in [1.165, 1.54) is 6.07 Å². The van der Waals surface area contributed by atoms with E-state index in [0.717, 1.165) is 37.8 Å². The average Bonchev–Trinajstić information content (AvgIpc) is 3.11. The molecule has 3 fully saturated rings. The molecule has 2 heterocycles. The highest BCUT2D eigenvalue weighted by Crippen LogP contribution is 2.59. The Morgan fingerprint density at radius 3 is 2.69 bits per heavy atom. The standard InChI is InChI=1S/C28H30F3NO3/c1-17-25-24(23-8-3-2-5-19(23)14-27(25,16-33)26(34)35-17)12-11-22-10-9-20(15-32-22)18-6-4-7-21(13-18)28(29,30)31/h4,6-7,9-13,15,17,19,23-25,33H,2-3,5,8,14,16H2,1H3/b12-11+/t17-,19+,23?,24+,25+,27+/m1/s1. The van der Waals surface area contributed by atoms with Gasteiger partial charge in [0.1, 0.15) is 6.10 Å². The zero-order valence-electron chi connectivity index (χ0n) is 19.7. The first-order valence-corrected chi connectivity index (χ1v) is 12.4. The summed E-state index contributed by atoms with van der Waals surface area (Å²) in [7, 11) is 0. The number of esters is 1. The van der Waals surface area contributed by atoms with E-state index >= 15 is 0 Å². The van der Waals surface area contributed by atoms with Crippen molar-refractivity contribution in [2.45, 2.75) is 51.3 Å². The fourth-order valence-electron chi connectivity index (χ4n) is 6.83. The number of cyclic esters (lactones) is 1. The van der Waals surface area contributed by atoms with Crippen molar-refractivity contribution in [2.75, 3.05) is 6.61 Å². The number of aliphatic hydroxyl groups is 1. The topological polar surface area (TPSA) is 59.4 Å². The molecular formula is C28H30F3NO3. The van der Waals surface area contributed by atoms with E-state index < -0.39 is 17.2 Å². The third-order valence-electron chi connectivity index (χ3n) is 8.43. The minimum absolute atomic E-state index is 0.0834. The highest BCUT2D eigenvalue weighted by Gasteiger charge is 2.63. The van der Waals surface area contributed by atoms with Crippen LogP contribution in [0, 0.1) is 29.1 Å². The number of carbonyl (C=O) groups is 1. The average molecular weight is 486 g/mol. The summed E-state index contributed by atoms with van der Waals surface area (Å²) in [6, 6.07) is 8.79. The first kappa shape index (κ1) is 24.0. The van der Waals surface area contributed by atoms with Crippen molar-refractivity contribution < 1.29 is 27.8 Å². The monoisotopic (exact) mass is 485 g/mol. The number of hydrogen-bond donors (Lipinski definition) is 1. The van der Waals surface area contributed by atoms with Crippen molar-refractivity contribution in [3.8, 4) is 11.1 Å². The van der Waals surface area contributed by atoms with Crippen molar-refractivity contribution in [1.29, 1.82) is 0 Å². The van der Waals surface area contributed by atoms with Gasteiger partial charge < -0.3 is 9.84 Å². The molecule has 1 unspecified atom stereocenters. The number of aromatic nitrogens is 1. The number of carbonyl (C=O) groups excluding carboxylic acids is 1. The van der Waals surface area contributed by atoms with Crippen LogP contribution in [0.15, 0.2) is 48.7 Å².